The average Bonchev–Trinajstić information content (AvgIpc) is 2.67. The molecule has 1 aliphatic rings. The van der Waals surface area contributed by atoms with Crippen molar-refractivity contribution in [2.45, 2.75) is 44.2 Å². The van der Waals surface area contributed by atoms with Gasteiger partial charge in [0.15, 0.2) is 0 Å². The van der Waals surface area contributed by atoms with Crippen molar-refractivity contribution < 1.29 is 14.0 Å². The van der Waals surface area contributed by atoms with E-state index in [1.54, 1.807) is 18.2 Å². The molecule has 4 N–H and O–H groups in total. The highest BCUT2D eigenvalue weighted by Gasteiger charge is 2.34. The molecule has 0 heterocycles. The summed E-state index contributed by atoms with van der Waals surface area (Å²) in [5.74, 6) is -0.831. The largest absolute Gasteiger partial charge is 0.350 e. The molecule has 3 rings (SSSR count). The van der Waals surface area contributed by atoms with E-state index in [9.17, 15) is 14.0 Å². The summed E-state index contributed by atoms with van der Waals surface area (Å²) in [7, 11) is 0. The molecule has 0 atom stereocenters. The SMILES string of the molecule is NC1(C(=O)NCc2cccc(NC(=O)c3ccc(F)cc3)c2)CCCCC1. The number of benzene rings is 2. The Balaban J connectivity index is 1.59. The lowest BCUT2D eigenvalue weighted by molar-refractivity contribution is -0.127. The fourth-order valence-electron chi connectivity index (χ4n) is 3.33. The molecule has 1 aliphatic carbocycles. The summed E-state index contributed by atoms with van der Waals surface area (Å²) in [5.41, 5.74) is 7.31. The van der Waals surface area contributed by atoms with Gasteiger partial charge in [-0.2, -0.15) is 0 Å². The van der Waals surface area contributed by atoms with Crippen molar-refractivity contribution in [1.29, 1.82) is 0 Å². The van der Waals surface area contributed by atoms with E-state index in [1.807, 2.05) is 6.07 Å². The monoisotopic (exact) mass is 369 g/mol. The van der Waals surface area contributed by atoms with Gasteiger partial charge >= 0.3 is 0 Å². The fraction of sp³-hybridized carbons (Fsp3) is 0.333. The first-order valence-corrected chi connectivity index (χ1v) is 9.19. The molecule has 0 bridgehead atoms. The summed E-state index contributed by atoms with van der Waals surface area (Å²) in [5, 5.41) is 5.69. The number of anilines is 1. The van der Waals surface area contributed by atoms with Crippen LogP contribution in [0.5, 0.6) is 0 Å². The van der Waals surface area contributed by atoms with Gasteiger partial charge in [0.05, 0.1) is 5.54 Å². The lowest BCUT2D eigenvalue weighted by Gasteiger charge is -2.31. The molecular formula is C21H24FN3O2. The van der Waals surface area contributed by atoms with Crippen molar-refractivity contribution in [2.75, 3.05) is 5.32 Å². The Morgan fingerprint density at radius 2 is 1.74 bits per heavy atom. The summed E-state index contributed by atoms with van der Waals surface area (Å²) in [6, 6.07) is 12.6. The van der Waals surface area contributed by atoms with Gasteiger partial charge in [-0.3, -0.25) is 9.59 Å². The van der Waals surface area contributed by atoms with Crippen LogP contribution >= 0.6 is 0 Å². The van der Waals surface area contributed by atoms with Gasteiger partial charge in [0.2, 0.25) is 5.91 Å². The molecule has 0 aliphatic heterocycles. The standard InChI is InChI=1S/C21H24FN3O2/c22-17-9-7-16(8-10-17)19(26)25-18-6-4-5-15(13-18)14-24-20(27)21(23)11-2-1-3-12-21/h4-10,13H,1-3,11-12,14,23H2,(H,24,27)(H,25,26). The maximum absolute atomic E-state index is 13.0. The number of nitrogens with one attached hydrogen (secondary N) is 2. The molecule has 2 aromatic carbocycles. The smallest absolute Gasteiger partial charge is 0.255 e. The van der Waals surface area contributed by atoms with E-state index in [0.29, 0.717) is 30.6 Å². The normalized spacial score (nSPS) is 15.8. The van der Waals surface area contributed by atoms with Crippen molar-refractivity contribution in [1.82, 2.24) is 5.32 Å². The fourth-order valence-corrected chi connectivity index (χ4v) is 3.33. The zero-order chi connectivity index (χ0) is 19.3. The van der Waals surface area contributed by atoms with Crippen LogP contribution < -0.4 is 16.4 Å². The van der Waals surface area contributed by atoms with E-state index in [-0.39, 0.29) is 17.6 Å². The molecule has 142 valence electrons. The molecule has 2 aromatic rings. The second-order valence-corrected chi connectivity index (χ2v) is 7.06. The third-order valence-corrected chi connectivity index (χ3v) is 4.94. The number of hydrogen-bond donors (Lipinski definition) is 3. The van der Waals surface area contributed by atoms with Crippen molar-refractivity contribution in [3.63, 3.8) is 0 Å². The van der Waals surface area contributed by atoms with Crippen molar-refractivity contribution in [3.05, 3.63) is 65.5 Å². The highest BCUT2D eigenvalue weighted by atomic mass is 19.1. The highest BCUT2D eigenvalue weighted by Crippen LogP contribution is 2.26. The Morgan fingerprint density at radius 1 is 1.04 bits per heavy atom. The zero-order valence-electron chi connectivity index (χ0n) is 15.1. The summed E-state index contributed by atoms with van der Waals surface area (Å²) in [4.78, 5) is 24.7. The third-order valence-electron chi connectivity index (χ3n) is 4.94. The molecule has 0 radical (unpaired) electrons. The van der Waals surface area contributed by atoms with E-state index in [1.165, 1.54) is 24.3 Å². The van der Waals surface area contributed by atoms with Crippen molar-refractivity contribution in [3.8, 4) is 0 Å². The van der Waals surface area contributed by atoms with E-state index in [2.05, 4.69) is 10.6 Å². The second kappa shape index (κ2) is 8.31. The minimum absolute atomic E-state index is 0.122. The average molecular weight is 369 g/mol. The van der Waals surface area contributed by atoms with Gasteiger partial charge < -0.3 is 16.4 Å². The lowest BCUT2D eigenvalue weighted by Crippen LogP contribution is -2.54. The van der Waals surface area contributed by atoms with Crippen LogP contribution in [0.15, 0.2) is 48.5 Å². The summed E-state index contributed by atoms with van der Waals surface area (Å²) >= 11 is 0. The number of rotatable bonds is 5. The number of hydrogen-bond acceptors (Lipinski definition) is 3. The first-order valence-electron chi connectivity index (χ1n) is 9.19. The lowest BCUT2D eigenvalue weighted by atomic mass is 9.82. The van der Waals surface area contributed by atoms with E-state index in [4.69, 9.17) is 5.73 Å². The molecule has 5 nitrogen and oxygen atoms in total. The second-order valence-electron chi connectivity index (χ2n) is 7.06. The highest BCUT2D eigenvalue weighted by molar-refractivity contribution is 6.04. The number of amides is 2. The Labute approximate surface area is 158 Å². The molecular weight excluding hydrogens is 345 g/mol. The van der Waals surface area contributed by atoms with Crippen LogP contribution in [0.3, 0.4) is 0 Å². The Bertz CT molecular complexity index is 814. The molecule has 1 fully saturated rings. The maximum Gasteiger partial charge on any atom is 0.255 e. The van der Waals surface area contributed by atoms with Gasteiger partial charge in [-0.05, 0) is 54.8 Å². The topological polar surface area (TPSA) is 84.2 Å². The quantitative estimate of drug-likeness (QED) is 0.756. The predicted octanol–water partition coefficient (Wildman–Crippen LogP) is 3.36. The molecule has 0 saturated heterocycles. The first kappa shape index (κ1) is 19.0. The van der Waals surface area contributed by atoms with E-state index < -0.39 is 5.54 Å². The predicted molar refractivity (Wildman–Crippen MR) is 103 cm³/mol. The van der Waals surface area contributed by atoms with Crippen LogP contribution in [0.25, 0.3) is 0 Å². The van der Waals surface area contributed by atoms with Gasteiger partial charge in [-0.15, -0.1) is 0 Å². The molecule has 0 spiro atoms. The summed E-state index contributed by atoms with van der Waals surface area (Å²) in [6.07, 6.45) is 4.52. The molecule has 0 unspecified atom stereocenters. The number of halogens is 1. The van der Waals surface area contributed by atoms with Crippen molar-refractivity contribution >= 4 is 17.5 Å². The van der Waals surface area contributed by atoms with Crippen LogP contribution in [0.4, 0.5) is 10.1 Å². The van der Waals surface area contributed by atoms with Crippen LogP contribution in [0.1, 0.15) is 48.0 Å². The van der Waals surface area contributed by atoms with Gasteiger partial charge in [-0.1, -0.05) is 31.4 Å². The van der Waals surface area contributed by atoms with Crippen LogP contribution in [-0.2, 0) is 11.3 Å². The van der Waals surface area contributed by atoms with Gasteiger partial charge in [-0.25, -0.2) is 4.39 Å². The van der Waals surface area contributed by atoms with Crippen LogP contribution in [0.2, 0.25) is 0 Å². The van der Waals surface area contributed by atoms with Gasteiger partial charge in [0, 0.05) is 17.8 Å². The van der Waals surface area contributed by atoms with Gasteiger partial charge in [0.1, 0.15) is 5.82 Å². The number of carbonyl (C=O) groups excluding carboxylic acids is 2. The molecule has 27 heavy (non-hydrogen) atoms. The number of carbonyl (C=O) groups is 2. The zero-order valence-corrected chi connectivity index (χ0v) is 15.1. The van der Waals surface area contributed by atoms with Gasteiger partial charge in [0.25, 0.3) is 5.91 Å². The molecule has 0 aromatic heterocycles. The van der Waals surface area contributed by atoms with Crippen LogP contribution in [-0.4, -0.2) is 17.4 Å². The van der Waals surface area contributed by atoms with E-state index in [0.717, 1.165) is 24.8 Å². The minimum Gasteiger partial charge on any atom is -0.350 e. The summed E-state index contributed by atoms with van der Waals surface area (Å²) < 4.78 is 13.0. The maximum atomic E-state index is 13.0. The van der Waals surface area contributed by atoms with E-state index >= 15 is 0 Å². The Morgan fingerprint density at radius 3 is 2.44 bits per heavy atom. The molecule has 2 amide bonds. The molecule has 6 heteroatoms. The molecule has 1 saturated carbocycles. The minimum atomic E-state index is -0.771. The van der Waals surface area contributed by atoms with Crippen LogP contribution in [0, 0.1) is 5.82 Å². The first-order chi connectivity index (χ1) is 13.0. The third kappa shape index (κ3) is 4.92. The Kier molecular flexibility index (Phi) is 5.86. The summed E-state index contributed by atoms with van der Waals surface area (Å²) in [6.45, 7) is 0.345. The van der Waals surface area contributed by atoms with Crippen molar-refractivity contribution in [2.24, 2.45) is 5.73 Å². The Hall–Kier alpha value is -2.73. The number of nitrogens with two attached hydrogens (primary N) is 1.